The second-order valence-corrected chi connectivity index (χ2v) is 7.58. The van der Waals surface area contributed by atoms with Crippen molar-refractivity contribution in [2.45, 2.75) is 0 Å². The highest BCUT2D eigenvalue weighted by Crippen LogP contribution is 2.25. The van der Waals surface area contributed by atoms with E-state index < -0.39 is 11.9 Å². The summed E-state index contributed by atoms with van der Waals surface area (Å²) in [7, 11) is 1.24. The molecular formula is C27H20N4O4. The van der Waals surface area contributed by atoms with E-state index in [-0.39, 0.29) is 11.3 Å². The van der Waals surface area contributed by atoms with E-state index in [0.29, 0.717) is 22.2 Å². The first-order chi connectivity index (χ1) is 17.2. The van der Waals surface area contributed by atoms with Gasteiger partial charge in [-0.25, -0.2) is 4.79 Å². The summed E-state index contributed by atoms with van der Waals surface area (Å²) < 4.78 is 10.7. The first-order valence-corrected chi connectivity index (χ1v) is 10.8. The van der Waals surface area contributed by atoms with Gasteiger partial charge in [0, 0.05) is 10.9 Å². The number of esters is 1. The van der Waals surface area contributed by atoms with Crippen LogP contribution in [-0.4, -0.2) is 24.7 Å². The maximum Gasteiger partial charge on any atom is 0.359 e. The molecule has 0 radical (unpaired) electrons. The highest BCUT2D eigenvalue weighted by Gasteiger charge is 2.36. The number of amides is 1. The molecule has 0 bridgehead atoms. The molecule has 4 aromatic rings. The lowest BCUT2D eigenvalue weighted by Gasteiger charge is -2.11. The third-order valence-electron chi connectivity index (χ3n) is 5.36. The highest BCUT2D eigenvalue weighted by molar-refractivity contribution is 6.54. The molecule has 1 N–H and O–H groups in total. The Morgan fingerprint density at radius 2 is 1.69 bits per heavy atom. The molecule has 2 heterocycles. The van der Waals surface area contributed by atoms with Gasteiger partial charge in [-0.1, -0.05) is 48.5 Å². The van der Waals surface area contributed by atoms with Gasteiger partial charge < -0.3 is 9.15 Å². The van der Waals surface area contributed by atoms with Crippen molar-refractivity contribution < 1.29 is 18.7 Å². The molecule has 1 aliphatic heterocycles. The van der Waals surface area contributed by atoms with Gasteiger partial charge in [-0.15, -0.1) is 0 Å². The lowest BCUT2D eigenvalue weighted by molar-refractivity contribution is -0.132. The Morgan fingerprint density at radius 3 is 2.43 bits per heavy atom. The number of hydrogen-bond acceptors (Lipinski definition) is 7. The van der Waals surface area contributed by atoms with E-state index in [4.69, 9.17) is 9.15 Å². The maximum absolute atomic E-state index is 13.4. The SMILES string of the molecule is COC(=O)C1=NN(c2ccccc2)C(=O)/C1=C\c1coc2ccccc2/c1=N\Nc1ccccc1. The van der Waals surface area contributed by atoms with Crippen LogP contribution in [0.5, 0.6) is 0 Å². The number of nitrogens with zero attached hydrogens (tertiary/aromatic N) is 3. The Morgan fingerprint density at radius 1 is 1.00 bits per heavy atom. The summed E-state index contributed by atoms with van der Waals surface area (Å²) in [5, 5.41) is 11.3. The number of carbonyl (C=O) groups is 2. The minimum Gasteiger partial charge on any atom is -0.464 e. The predicted octanol–water partition coefficient (Wildman–Crippen LogP) is 4.32. The van der Waals surface area contributed by atoms with Crippen LogP contribution in [0.15, 0.2) is 111 Å². The fourth-order valence-electron chi connectivity index (χ4n) is 3.66. The second-order valence-electron chi connectivity index (χ2n) is 7.58. The van der Waals surface area contributed by atoms with E-state index in [2.05, 4.69) is 15.6 Å². The van der Waals surface area contributed by atoms with Crippen molar-refractivity contribution in [1.29, 1.82) is 0 Å². The molecule has 35 heavy (non-hydrogen) atoms. The zero-order valence-corrected chi connectivity index (χ0v) is 18.7. The summed E-state index contributed by atoms with van der Waals surface area (Å²) in [6.45, 7) is 0. The minimum absolute atomic E-state index is 0.0716. The summed E-state index contributed by atoms with van der Waals surface area (Å²) in [4.78, 5) is 25.9. The summed E-state index contributed by atoms with van der Waals surface area (Å²) in [5.74, 6) is -1.19. The average molecular weight is 464 g/mol. The van der Waals surface area contributed by atoms with Gasteiger partial charge in [-0.2, -0.15) is 15.2 Å². The molecule has 0 unspecified atom stereocenters. The summed E-state index contributed by atoms with van der Waals surface area (Å²) >= 11 is 0. The number of rotatable bonds is 5. The van der Waals surface area contributed by atoms with Gasteiger partial charge in [-0.05, 0) is 42.5 Å². The average Bonchev–Trinajstić information content (AvgIpc) is 3.24. The largest absolute Gasteiger partial charge is 0.464 e. The van der Waals surface area contributed by atoms with Crippen molar-refractivity contribution in [3.05, 3.63) is 108 Å². The number of hydrogen-bond donors (Lipinski definition) is 1. The van der Waals surface area contributed by atoms with Crippen LogP contribution in [0, 0.1) is 0 Å². The number of hydrazone groups is 1. The molecule has 172 valence electrons. The van der Waals surface area contributed by atoms with E-state index >= 15 is 0 Å². The summed E-state index contributed by atoms with van der Waals surface area (Å²) in [6.07, 6.45) is 3.04. The van der Waals surface area contributed by atoms with Crippen LogP contribution in [0.3, 0.4) is 0 Å². The molecule has 1 aliphatic rings. The number of fused-ring (bicyclic) bond motifs is 1. The fraction of sp³-hybridized carbons (Fsp3) is 0.0370. The van der Waals surface area contributed by atoms with Crippen molar-refractivity contribution in [2.75, 3.05) is 17.5 Å². The monoisotopic (exact) mass is 464 g/mol. The molecule has 0 aliphatic carbocycles. The van der Waals surface area contributed by atoms with Gasteiger partial charge in [0.2, 0.25) is 0 Å². The van der Waals surface area contributed by atoms with Crippen LogP contribution < -0.4 is 15.8 Å². The highest BCUT2D eigenvalue weighted by atomic mass is 16.5. The predicted molar refractivity (Wildman–Crippen MR) is 133 cm³/mol. The van der Waals surface area contributed by atoms with Gasteiger partial charge in [0.1, 0.15) is 17.2 Å². The van der Waals surface area contributed by atoms with Crippen molar-refractivity contribution in [3.8, 4) is 0 Å². The Kier molecular flexibility index (Phi) is 5.92. The standard InChI is InChI=1S/C27H20N4O4/c1-34-27(33)25-22(26(32)31(30-25)20-12-6-3-7-13-20)16-18-17-35-23-15-9-8-14-21(23)24(18)29-28-19-10-4-2-5-11-19/h2-17,28H,1H3/b22-16-,29-24-. The first-order valence-electron chi connectivity index (χ1n) is 10.8. The van der Waals surface area contributed by atoms with Crippen LogP contribution in [0.2, 0.25) is 0 Å². The Balaban J connectivity index is 1.66. The molecule has 1 amide bonds. The van der Waals surface area contributed by atoms with E-state index in [1.807, 2.05) is 60.7 Å². The molecule has 0 fully saturated rings. The molecule has 8 nitrogen and oxygen atoms in total. The van der Waals surface area contributed by atoms with Crippen molar-refractivity contribution in [2.24, 2.45) is 10.2 Å². The number of anilines is 2. The molecular weight excluding hydrogens is 444 g/mol. The molecule has 5 rings (SSSR count). The maximum atomic E-state index is 13.4. The normalized spacial score (nSPS) is 14.9. The Bertz CT molecular complexity index is 1540. The van der Waals surface area contributed by atoms with Crippen LogP contribution >= 0.6 is 0 Å². The molecule has 8 heteroatoms. The van der Waals surface area contributed by atoms with Crippen LogP contribution in [0.4, 0.5) is 11.4 Å². The zero-order valence-electron chi connectivity index (χ0n) is 18.7. The van der Waals surface area contributed by atoms with Crippen LogP contribution in [-0.2, 0) is 14.3 Å². The van der Waals surface area contributed by atoms with Gasteiger partial charge >= 0.3 is 5.97 Å². The Labute approximate surface area is 200 Å². The fourth-order valence-corrected chi connectivity index (χ4v) is 3.66. The number of carbonyl (C=O) groups excluding carboxylic acids is 2. The summed E-state index contributed by atoms with van der Waals surface area (Å²) in [5.41, 5.74) is 5.45. The second kappa shape index (κ2) is 9.48. The lowest BCUT2D eigenvalue weighted by atomic mass is 10.1. The first kappa shape index (κ1) is 21.8. The molecule has 0 spiro atoms. The Hall–Kier alpha value is -4.98. The van der Waals surface area contributed by atoms with E-state index in [9.17, 15) is 9.59 Å². The number of methoxy groups -OCH3 is 1. The molecule has 0 atom stereocenters. The smallest absolute Gasteiger partial charge is 0.359 e. The number of benzene rings is 3. The molecule has 1 aromatic heterocycles. The quantitative estimate of drug-likeness (QED) is 0.270. The van der Waals surface area contributed by atoms with Gasteiger partial charge in [0.25, 0.3) is 5.91 Å². The number of para-hydroxylation sites is 3. The lowest BCUT2D eigenvalue weighted by Crippen LogP contribution is -2.23. The van der Waals surface area contributed by atoms with Crippen LogP contribution in [0.25, 0.3) is 17.0 Å². The van der Waals surface area contributed by atoms with Crippen molar-refractivity contribution in [1.82, 2.24) is 0 Å². The summed E-state index contributed by atoms with van der Waals surface area (Å²) in [6, 6.07) is 25.8. The van der Waals surface area contributed by atoms with Crippen LogP contribution in [0.1, 0.15) is 5.56 Å². The third kappa shape index (κ3) is 4.32. The van der Waals surface area contributed by atoms with E-state index in [1.165, 1.54) is 18.4 Å². The van der Waals surface area contributed by atoms with E-state index in [0.717, 1.165) is 11.1 Å². The van der Waals surface area contributed by atoms with Gasteiger partial charge in [0.15, 0.2) is 5.71 Å². The van der Waals surface area contributed by atoms with Crippen molar-refractivity contribution in [3.63, 3.8) is 0 Å². The van der Waals surface area contributed by atoms with Crippen molar-refractivity contribution >= 4 is 46.0 Å². The zero-order chi connectivity index (χ0) is 24.2. The third-order valence-corrected chi connectivity index (χ3v) is 5.36. The molecule has 0 saturated carbocycles. The van der Waals surface area contributed by atoms with Gasteiger partial charge in [-0.3, -0.25) is 10.2 Å². The number of ether oxygens (including phenoxy) is 1. The van der Waals surface area contributed by atoms with E-state index in [1.54, 1.807) is 30.3 Å². The molecule has 0 saturated heterocycles. The molecule has 3 aromatic carbocycles. The topological polar surface area (TPSA) is 96.5 Å². The van der Waals surface area contributed by atoms with Gasteiger partial charge in [0.05, 0.1) is 24.1 Å². The minimum atomic E-state index is -0.721. The number of nitrogens with one attached hydrogen (secondary N) is 1.